The Hall–Kier alpha value is -1.92. The third kappa shape index (κ3) is 9.65. The molecule has 272 valence electrons. The van der Waals surface area contributed by atoms with Gasteiger partial charge in [0.1, 0.15) is 11.5 Å². The van der Waals surface area contributed by atoms with Crippen LogP contribution in [0.5, 0.6) is 0 Å². The highest BCUT2D eigenvalue weighted by Crippen LogP contribution is 2.39. The summed E-state index contributed by atoms with van der Waals surface area (Å²) in [5, 5.41) is 0. The number of ketones is 1. The second kappa shape index (κ2) is 16.9. The lowest BCUT2D eigenvalue weighted by atomic mass is 9.77. The minimum atomic E-state index is -1.39. The van der Waals surface area contributed by atoms with Gasteiger partial charge in [0, 0.05) is 71.8 Å². The van der Waals surface area contributed by atoms with Gasteiger partial charge in [0.05, 0.1) is 18.1 Å². The van der Waals surface area contributed by atoms with Crippen molar-refractivity contribution < 1.29 is 28.5 Å². The summed E-state index contributed by atoms with van der Waals surface area (Å²) in [5.74, 6) is -2.46. The van der Waals surface area contributed by atoms with E-state index in [4.69, 9.17) is 18.9 Å². The number of cyclic esters (lactones) is 1. The van der Waals surface area contributed by atoms with Gasteiger partial charge in [-0.3, -0.25) is 24.3 Å². The van der Waals surface area contributed by atoms with E-state index in [9.17, 15) is 9.59 Å². The molecule has 3 aliphatic rings. The molecular formula is C38H64N4O6. The molecule has 4 rings (SSSR count). The third-order valence-corrected chi connectivity index (χ3v) is 11.2. The van der Waals surface area contributed by atoms with Gasteiger partial charge in [0.2, 0.25) is 0 Å². The van der Waals surface area contributed by atoms with E-state index in [0.29, 0.717) is 12.8 Å². The van der Waals surface area contributed by atoms with Gasteiger partial charge in [0.15, 0.2) is 17.9 Å². The molecule has 0 bridgehead atoms. The molecule has 10 nitrogen and oxygen atoms in total. The normalized spacial score (nSPS) is 35.4. The van der Waals surface area contributed by atoms with Crippen LogP contribution in [0.2, 0.25) is 0 Å². The van der Waals surface area contributed by atoms with Crippen molar-refractivity contribution in [3.63, 3.8) is 0 Å². The van der Waals surface area contributed by atoms with Crippen molar-refractivity contribution in [1.82, 2.24) is 19.6 Å². The summed E-state index contributed by atoms with van der Waals surface area (Å²) in [6, 6.07) is 10.9. The second-order valence-electron chi connectivity index (χ2n) is 15.6. The molecular weight excluding hydrogens is 608 g/mol. The number of esters is 1. The van der Waals surface area contributed by atoms with E-state index >= 15 is 0 Å². The molecule has 10 heteroatoms. The summed E-state index contributed by atoms with van der Waals surface area (Å²) in [6.07, 6.45) is 1.94. The number of hydrogen-bond acceptors (Lipinski definition) is 10. The highest BCUT2D eigenvalue weighted by Gasteiger charge is 2.52. The van der Waals surface area contributed by atoms with Gasteiger partial charge in [-0.2, -0.15) is 0 Å². The Morgan fingerprint density at radius 2 is 1.60 bits per heavy atom. The highest BCUT2D eigenvalue weighted by atomic mass is 16.8. The Balaban J connectivity index is 1.51. The van der Waals surface area contributed by atoms with E-state index in [-0.39, 0.29) is 29.9 Å². The van der Waals surface area contributed by atoms with Crippen molar-refractivity contribution in [1.29, 1.82) is 0 Å². The molecule has 0 unspecified atom stereocenters. The zero-order valence-electron chi connectivity index (χ0n) is 31.4. The Bertz CT molecular complexity index is 1170. The zero-order valence-corrected chi connectivity index (χ0v) is 31.4. The average molecular weight is 673 g/mol. The van der Waals surface area contributed by atoms with Crippen molar-refractivity contribution in [3.05, 3.63) is 35.9 Å². The molecule has 0 aliphatic carbocycles. The quantitative estimate of drug-likeness (QED) is 0.224. The number of rotatable bonds is 8. The van der Waals surface area contributed by atoms with Crippen molar-refractivity contribution in [2.75, 3.05) is 67.5 Å². The Morgan fingerprint density at radius 1 is 0.958 bits per heavy atom. The van der Waals surface area contributed by atoms with Crippen molar-refractivity contribution in [3.8, 4) is 0 Å². The van der Waals surface area contributed by atoms with Crippen molar-refractivity contribution in [2.45, 2.75) is 110 Å². The van der Waals surface area contributed by atoms with E-state index < -0.39 is 35.5 Å². The first-order valence-electron chi connectivity index (χ1n) is 18.1. The summed E-state index contributed by atoms with van der Waals surface area (Å²) in [4.78, 5) is 37.7. The molecule has 8 atom stereocenters. The largest absolute Gasteiger partial charge is 0.460 e. The van der Waals surface area contributed by atoms with Gasteiger partial charge in [-0.25, -0.2) is 0 Å². The lowest BCUT2D eigenvalue weighted by Crippen LogP contribution is -2.55. The van der Waals surface area contributed by atoms with E-state index in [2.05, 4.69) is 84.9 Å². The SMILES string of the molecule is CO[C@]1(O[C@H]2C[C@@H](N(C)C)C[C@@H](C)O2)CC[C@@H](C)CN(C)[C@@H](CN2CCN(Cc3ccccc3)CC2)[C@H](C)OC(=O)C(C)(C)C(=O)[C@@H]1C. The zero-order chi connectivity index (χ0) is 35.2. The standard InChI is InChI=1S/C38H64N4O6/c1-27-16-17-38(45-10,48-34-23-32(39(7)8)22-28(2)46-34)29(3)35(43)37(5,6)36(44)47-30(4)33(40(9)24-27)26-42-20-18-41(19-21-42)25-31-14-12-11-13-15-31/h11-15,27-30,32-34H,16-26H2,1-10H3/t27-,28-,29+,30+,32+,33+,34+,38+/m1/s1. The molecule has 0 radical (unpaired) electrons. The van der Waals surface area contributed by atoms with E-state index in [1.165, 1.54) is 5.56 Å². The van der Waals surface area contributed by atoms with Gasteiger partial charge < -0.3 is 23.8 Å². The Labute approximate surface area is 290 Å². The van der Waals surface area contributed by atoms with Crippen LogP contribution in [0.1, 0.15) is 72.8 Å². The van der Waals surface area contributed by atoms with Crippen LogP contribution in [-0.2, 0) is 35.1 Å². The first kappa shape index (κ1) is 38.9. The fraction of sp³-hybridized carbons (Fsp3) is 0.789. The van der Waals surface area contributed by atoms with Crippen LogP contribution in [0.25, 0.3) is 0 Å². The van der Waals surface area contributed by atoms with E-state index in [1.54, 1.807) is 21.0 Å². The maximum absolute atomic E-state index is 14.3. The summed E-state index contributed by atoms with van der Waals surface area (Å²) >= 11 is 0. The van der Waals surface area contributed by atoms with Gasteiger partial charge in [-0.1, -0.05) is 44.2 Å². The predicted octanol–water partition coefficient (Wildman–Crippen LogP) is 4.51. The summed E-state index contributed by atoms with van der Waals surface area (Å²) in [6.45, 7) is 17.9. The van der Waals surface area contributed by atoms with Crippen LogP contribution < -0.4 is 0 Å². The number of nitrogens with zero attached hydrogens (tertiary/aromatic N) is 4. The van der Waals surface area contributed by atoms with Gasteiger partial charge in [-0.05, 0) is 73.2 Å². The fourth-order valence-electron chi connectivity index (χ4n) is 7.78. The summed E-state index contributed by atoms with van der Waals surface area (Å²) < 4.78 is 25.5. The molecule has 3 aliphatic heterocycles. The molecule has 3 heterocycles. The number of likely N-dealkylation sites (N-methyl/N-ethyl adjacent to an activating group) is 1. The van der Waals surface area contributed by atoms with E-state index in [1.807, 2.05) is 13.8 Å². The molecule has 0 aromatic heterocycles. The smallest absolute Gasteiger partial charge is 0.319 e. The topological polar surface area (TPSA) is 84.0 Å². The molecule has 0 spiro atoms. The molecule has 48 heavy (non-hydrogen) atoms. The number of carbonyl (C=O) groups is 2. The predicted molar refractivity (Wildman–Crippen MR) is 188 cm³/mol. The number of Topliss-reactive ketones (excluding diaryl/α,β-unsaturated/α-hetero) is 1. The number of hydrogen-bond donors (Lipinski definition) is 0. The van der Waals surface area contributed by atoms with Crippen LogP contribution >= 0.6 is 0 Å². The van der Waals surface area contributed by atoms with Crippen molar-refractivity contribution in [2.24, 2.45) is 17.3 Å². The number of piperazine rings is 1. The number of benzene rings is 1. The molecule has 1 aromatic rings. The minimum absolute atomic E-state index is 0.00933. The van der Waals surface area contributed by atoms with Crippen LogP contribution in [0.15, 0.2) is 30.3 Å². The first-order valence-corrected chi connectivity index (χ1v) is 18.1. The number of methoxy groups -OCH3 is 1. The van der Waals surface area contributed by atoms with Crippen LogP contribution in [0.3, 0.4) is 0 Å². The molecule has 3 saturated heterocycles. The van der Waals surface area contributed by atoms with Crippen LogP contribution in [0.4, 0.5) is 0 Å². The Morgan fingerprint density at radius 3 is 2.23 bits per heavy atom. The molecule has 0 N–H and O–H groups in total. The Kier molecular flexibility index (Phi) is 13.7. The number of ether oxygens (including phenoxy) is 4. The molecule has 0 amide bonds. The minimum Gasteiger partial charge on any atom is -0.460 e. The highest BCUT2D eigenvalue weighted by molar-refractivity contribution is 6.04. The summed E-state index contributed by atoms with van der Waals surface area (Å²) in [7, 11) is 7.89. The van der Waals surface area contributed by atoms with Crippen molar-refractivity contribution >= 4 is 11.8 Å². The molecule has 0 saturated carbocycles. The maximum Gasteiger partial charge on any atom is 0.319 e. The lowest BCUT2D eigenvalue weighted by Gasteiger charge is -2.45. The molecule has 1 aromatic carbocycles. The van der Waals surface area contributed by atoms with Gasteiger partial charge in [-0.15, -0.1) is 0 Å². The fourth-order valence-corrected chi connectivity index (χ4v) is 7.78. The lowest BCUT2D eigenvalue weighted by molar-refractivity contribution is -0.337. The summed E-state index contributed by atoms with van der Waals surface area (Å²) in [5.41, 5.74) is -0.0528. The third-order valence-electron chi connectivity index (χ3n) is 11.2. The second-order valence-corrected chi connectivity index (χ2v) is 15.6. The van der Waals surface area contributed by atoms with Crippen LogP contribution in [-0.4, -0.2) is 135 Å². The average Bonchev–Trinajstić information content (AvgIpc) is 3.05. The first-order chi connectivity index (χ1) is 22.6. The van der Waals surface area contributed by atoms with Gasteiger partial charge in [0.25, 0.3) is 0 Å². The van der Waals surface area contributed by atoms with Crippen LogP contribution in [0, 0.1) is 17.3 Å². The molecule has 3 fully saturated rings. The van der Waals surface area contributed by atoms with Gasteiger partial charge >= 0.3 is 5.97 Å². The van der Waals surface area contributed by atoms with E-state index in [0.717, 1.165) is 58.7 Å². The number of carbonyl (C=O) groups excluding carboxylic acids is 2. The monoisotopic (exact) mass is 672 g/mol. The maximum atomic E-state index is 14.3.